The van der Waals surface area contributed by atoms with E-state index in [0.29, 0.717) is 16.3 Å². The molecule has 3 aromatic rings. The lowest BCUT2D eigenvalue weighted by Crippen LogP contribution is -2.35. The van der Waals surface area contributed by atoms with Gasteiger partial charge < -0.3 is 9.84 Å². The standard InChI is InChI=1S/C23H25ClN2O2/c1-18-8-10-22(11-9-18)28-17-21(27)16-26(14-19-5-4-12-25-13-19)15-20-6-2-3-7-23(20)24/h2-13,21,27H,14-17H2,1H3/i14D2. The molecule has 0 amide bonds. The third-order valence-electron chi connectivity index (χ3n) is 4.16. The first kappa shape index (κ1) is 17.7. The number of nitrogens with zero attached hydrogens (tertiary/aromatic N) is 2. The van der Waals surface area contributed by atoms with Crippen molar-refractivity contribution in [3.8, 4) is 5.75 Å². The van der Waals surface area contributed by atoms with Gasteiger partial charge in [-0.25, -0.2) is 0 Å². The average Bonchev–Trinajstić information content (AvgIpc) is 2.75. The van der Waals surface area contributed by atoms with Gasteiger partial charge in [0.1, 0.15) is 18.5 Å². The first-order chi connectivity index (χ1) is 14.4. The van der Waals surface area contributed by atoms with Crippen LogP contribution in [-0.4, -0.2) is 34.2 Å². The van der Waals surface area contributed by atoms with Crippen molar-refractivity contribution in [1.29, 1.82) is 0 Å². The van der Waals surface area contributed by atoms with E-state index in [1.54, 1.807) is 29.3 Å². The summed E-state index contributed by atoms with van der Waals surface area (Å²) in [5, 5.41) is 11.2. The quantitative estimate of drug-likeness (QED) is 0.577. The molecule has 1 unspecified atom stereocenters. The van der Waals surface area contributed by atoms with Gasteiger partial charge >= 0.3 is 0 Å². The van der Waals surface area contributed by atoms with Gasteiger partial charge in [0, 0.05) is 39.7 Å². The third kappa shape index (κ3) is 6.34. The zero-order valence-corrected chi connectivity index (χ0v) is 16.5. The van der Waals surface area contributed by atoms with Crippen LogP contribution in [-0.2, 0) is 13.0 Å². The van der Waals surface area contributed by atoms with Crippen molar-refractivity contribution in [3.05, 3.63) is 94.8 Å². The van der Waals surface area contributed by atoms with Gasteiger partial charge in [-0.2, -0.15) is 0 Å². The molecule has 4 nitrogen and oxygen atoms in total. The fourth-order valence-electron chi connectivity index (χ4n) is 2.73. The van der Waals surface area contributed by atoms with Gasteiger partial charge in [-0.15, -0.1) is 0 Å². The molecule has 3 rings (SSSR count). The van der Waals surface area contributed by atoms with Gasteiger partial charge in [0.25, 0.3) is 0 Å². The van der Waals surface area contributed by atoms with E-state index in [0.717, 1.165) is 11.1 Å². The van der Waals surface area contributed by atoms with Crippen molar-refractivity contribution in [3.63, 3.8) is 0 Å². The first-order valence-corrected chi connectivity index (χ1v) is 9.50. The minimum absolute atomic E-state index is 0.0468. The number of ether oxygens (including phenoxy) is 1. The second-order valence-corrected chi connectivity index (χ2v) is 7.01. The molecule has 5 heteroatoms. The normalized spacial score (nSPS) is 13.7. The molecule has 0 radical (unpaired) electrons. The molecular weight excluding hydrogens is 372 g/mol. The molecule has 0 spiro atoms. The van der Waals surface area contributed by atoms with Crippen LogP contribution in [0.25, 0.3) is 0 Å². The number of halogens is 1. The molecule has 0 aliphatic heterocycles. The highest BCUT2D eigenvalue weighted by atomic mass is 35.5. The molecule has 1 atom stereocenters. The van der Waals surface area contributed by atoms with E-state index in [4.69, 9.17) is 19.1 Å². The van der Waals surface area contributed by atoms with Crippen molar-refractivity contribution in [1.82, 2.24) is 9.88 Å². The second-order valence-electron chi connectivity index (χ2n) is 6.60. The summed E-state index contributed by atoms with van der Waals surface area (Å²) in [7, 11) is 0. The molecule has 0 aliphatic carbocycles. The topological polar surface area (TPSA) is 45.6 Å². The largest absolute Gasteiger partial charge is 0.491 e. The summed E-state index contributed by atoms with van der Waals surface area (Å²) in [6.45, 7) is 0.456. The van der Waals surface area contributed by atoms with Gasteiger partial charge in [0.15, 0.2) is 0 Å². The lowest BCUT2D eigenvalue weighted by Gasteiger charge is -2.25. The Balaban J connectivity index is 1.76. The Hall–Kier alpha value is -2.40. The number of pyridine rings is 1. The van der Waals surface area contributed by atoms with E-state index >= 15 is 0 Å². The highest BCUT2D eigenvalue weighted by Gasteiger charge is 2.15. The van der Waals surface area contributed by atoms with Crippen molar-refractivity contribution in [2.75, 3.05) is 13.2 Å². The van der Waals surface area contributed by atoms with E-state index in [9.17, 15) is 5.11 Å². The summed E-state index contributed by atoms with van der Waals surface area (Å²) >= 11 is 6.31. The van der Waals surface area contributed by atoms with E-state index in [-0.39, 0.29) is 19.7 Å². The Labute approximate surface area is 174 Å². The number of aliphatic hydroxyl groups excluding tert-OH is 1. The number of rotatable bonds is 9. The molecule has 2 aromatic carbocycles. The number of hydrogen-bond acceptors (Lipinski definition) is 4. The fraction of sp³-hybridized carbons (Fsp3) is 0.261. The number of aromatic nitrogens is 1. The summed E-state index contributed by atoms with van der Waals surface area (Å²) in [6.07, 6.45) is 2.19. The molecule has 0 aliphatic rings. The van der Waals surface area contributed by atoms with Crippen LogP contribution in [0.2, 0.25) is 5.02 Å². The summed E-state index contributed by atoms with van der Waals surface area (Å²) in [4.78, 5) is 5.59. The number of benzene rings is 2. The monoisotopic (exact) mass is 398 g/mol. The Bertz CT molecular complexity index is 939. The Kier molecular flexibility index (Phi) is 6.46. The smallest absolute Gasteiger partial charge is 0.119 e. The van der Waals surface area contributed by atoms with E-state index in [1.165, 1.54) is 6.20 Å². The minimum atomic E-state index is -1.86. The van der Waals surface area contributed by atoms with Crippen molar-refractivity contribution >= 4 is 11.6 Å². The predicted octanol–water partition coefficient (Wildman–Crippen LogP) is 4.49. The average molecular weight is 399 g/mol. The van der Waals surface area contributed by atoms with Crippen molar-refractivity contribution in [2.45, 2.75) is 26.1 Å². The highest BCUT2D eigenvalue weighted by molar-refractivity contribution is 6.31. The molecule has 1 N–H and O–H groups in total. The fourth-order valence-corrected chi connectivity index (χ4v) is 2.92. The third-order valence-corrected chi connectivity index (χ3v) is 4.53. The molecule has 0 saturated heterocycles. The summed E-state index contributed by atoms with van der Waals surface area (Å²) in [5.74, 6) is 0.660. The van der Waals surface area contributed by atoms with Crippen LogP contribution in [0.4, 0.5) is 0 Å². The Morgan fingerprint density at radius 3 is 2.64 bits per heavy atom. The molecule has 0 saturated carbocycles. The second kappa shape index (κ2) is 10.2. The molecule has 146 valence electrons. The molecule has 0 bridgehead atoms. The Morgan fingerprint density at radius 2 is 1.93 bits per heavy atom. The van der Waals surface area contributed by atoms with Gasteiger partial charge in [-0.05, 0) is 42.3 Å². The van der Waals surface area contributed by atoms with Crippen LogP contribution >= 0.6 is 11.6 Å². The number of hydrogen-bond donors (Lipinski definition) is 1. The van der Waals surface area contributed by atoms with Crippen LogP contribution in [0.3, 0.4) is 0 Å². The van der Waals surface area contributed by atoms with Crippen LogP contribution in [0.5, 0.6) is 5.75 Å². The zero-order chi connectivity index (χ0) is 21.6. The van der Waals surface area contributed by atoms with Crippen LogP contribution in [0.15, 0.2) is 73.1 Å². The molecule has 28 heavy (non-hydrogen) atoms. The summed E-state index contributed by atoms with van der Waals surface area (Å²) < 4.78 is 23.1. The number of aryl methyl sites for hydroxylation is 1. The van der Waals surface area contributed by atoms with Gasteiger partial charge in [0.05, 0.1) is 0 Å². The molecule has 1 heterocycles. The van der Waals surface area contributed by atoms with Crippen LogP contribution < -0.4 is 4.74 Å². The predicted molar refractivity (Wildman–Crippen MR) is 112 cm³/mol. The maximum absolute atomic E-state index is 10.6. The minimum Gasteiger partial charge on any atom is -0.491 e. The van der Waals surface area contributed by atoms with E-state index in [2.05, 4.69) is 4.98 Å². The Morgan fingerprint density at radius 1 is 1.14 bits per heavy atom. The van der Waals surface area contributed by atoms with Crippen LogP contribution in [0.1, 0.15) is 19.4 Å². The lowest BCUT2D eigenvalue weighted by atomic mass is 10.1. The van der Waals surface area contributed by atoms with Gasteiger partial charge in [-0.3, -0.25) is 9.88 Å². The molecule has 0 fully saturated rings. The summed E-state index contributed by atoms with van der Waals surface area (Å²) in [5.41, 5.74) is 2.31. The highest BCUT2D eigenvalue weighted by Crippen LogP contribution is 2.19. The molecular formula is C23H25ClN2O2. The summed E-state index contributed by atoms with van der Waals surface area (Å²) in [6, 6.07) is 18.2. The zero-order valence-electron chi connectivity index (χ0n) is 17.8. The number of aliphatic hydroxyl groups is 1. The van der Waals surface area contributed by atoms with E-state index in [1.807, 2.05) is 49.4 Å². The SMILES string of the molecule is [2H]C([2H])(c1cccnc1)N(Cc1ccccc1Cl)CC(O)COc1ccc(C)cc1. The van der Waals surface area contributed by atoms with Gasteiger partial charge in [-0.1, -0.05) is 53.6 Å². The van der Waals surface area contributed by atoms with E-state index < -0.39 is 12.6 Å². The maximum Gasteiger partial charge on any atom is 0.119 e. The first-order valence-electron chi connectivity index (χ1n) is 10.1. The van der Waals surface area contributed by atoms with Gasteiger partial charge in [0.2, 0.25) is 0 Å². The van der Waals surface area contributed by atoms with Crippen molar-refractivity contribution < 1.29 is 12.6 Å². The maximum atomic E-state index is 10.6. The lowest BCUT2D eigenvalue weighted by molar-refractivity contribution is 0.0628. The van der Waals surface area contributed by atoms with Crippen LogP contribution in [0, 0.1) is 6.92 Å². The molecule has 1 aromatic heterocycles. The van der Waals surface area contributed by atoms with Crippen molar-refractivity contribution in [2.24, 2.45) is 0 Å².